The van der Waals surface area contributed by atoms with E-state index in [-0.39, 0.29) is 34.3 Å². The van der Waals surface area contributed by atoms with Crippen LogP contribution in [0.1, 0.15) is 5.56 Å². The molecule has 0 bridgehead atoms. The molecule has 1 saturated heterocycles. The first-order valence-electron chi connectivity index (χ1n) is 6.63. The second-order valence-corrected chi connectivity index (χ2v) is 6.35. The fourth-order valence-corrected chi connectivity index (χ4v) is 3.41. The van der Waals surface area contributed by atoms with E-state index in [2.05, 4.69) is 0 Å². The molecule has 0 saturated carbocycles. The van der Waals surface area contributed by atoms with E-state index in [1.807, 2.05) is 0 Å². The van der Waals surface area contributed by atoms with Crippen LogP contribution < -0.4 is 0 Å². The van der Waals surface area contributed by atoms with Crippen LogP contribution in [-0.4, -0.2) is 48.0 Å². The quantitative estimate of drug-likeness (QED) is 0.625. The van der Waals surface area contributed by atoms with Crippen LogP contribution in [0.25, 0.3) is 6.08 Å². The van der Waals surface area contributed by atoms with Crippen molar-refractivity contribution >= 4 is 41.3 Å². The van der Waals surface area contributed by atoms with Gasteiger partial charge in [-0.1, -0.05) is 17.7 Å². The Bertz CT molecular complexity index is 588. The van der Waals surface area contributed by atoms with Crippen LogP contribution >= 0.6 is 23.4 Å². The highest BCUT2D eigenvalue weighted by atomic mass is 35.5. The zero-order valence-electron chi connectivity index (χ0n) is 11.9. The summed E-state index contributed by atoms with van der Waals surface area (Å²) in [6, 6.07) is 4.33. The first kappa shape index (κ1) is 16.8. The number of carbonyl (C=O) groups is 2. The fourth-order valence-electron chi connectivity index (χ4n) is 2.05. The Labute approximate surface area is 137 Å². The minimum absolute atomic E-state index is 0.174. The molecule has 2 rings (SSSR count). The molecule has 0 aromatic heterocycles. The second kappa shape index (κ2) is 7.65. The number of halogens is 2. The molecule has 0 unspecified atom stereocenters. The van der Waals surface area contributed by atoms with Gasteiger partial charge >= 0.3 is 5.97 Å². The Hall–Kier alpha value is -1.53. The average molecular weight is 344 g/mol. The van der Waals surface area contributed by atoms with Gasteiger partial charge in [0.2, 0.25) is 5.91 Å². The van der Waals surface area contributed by atoms with Crippen LogP contribution in [0.15, 0.2) is 24.3 Å². The third-order valence-corrected chi connectivity index (χ3v) is 4.73. The number of methoxy groups -OCH3 is 1. The summed E-state index contributed by atoms with van der Waals surface area (Å²) in [5.74, 6) is -0.463. The highest BCUT2D eigenvalue weighted by molar-refractivity contribution is 8.00. The summed E-state index contributed by atoms with van der Waals surface area (Å²) in [5, 5.41) is -0.140. The van der Waals surface area contributed by atoms with E-state index < -0.39 is 5.82 Å². The summed E-state index contributed by atoms with van der Waals surface area (Å²) in [7, 11) is 1.32. The Morgan fingerprint density at radius 3 is 2.95 bits per heavy atom. The molecule has 1 amide bonds. The maximum Gasteiger partial charge on any atom is 0.320 e. The predicted octanol–water partition coefficient (Wildman–Crippen LogP) is 2.61. The molecule has 118 valence electrons. The van der Waals surface area contributed by atoms with Gasteiger partial charge in [-0.3, -0.25) is 9.59 Å². The lowest BCUT2D eigenvalue weighted by atomic mass is 10.2. The summed E-state index contributed by atoms with van der Waals surface area (Å²) in [4.78, 5) is 25.2. The molecule has 1 heterocycles. The zero-order valence-corrected chi connectivity index (χ0v) is 13.5. The minimum Gasteiger partial charge on any atom is -0.468 e. The maximum absolute atomic E-state index is 13.6. The van der Waals surface area contributed by atoms with Gasteiger partial charge in [-0.15, -0.1) is 11.8 Å². The summed E-state index contributed by atoms with van der Waals surface area (Å²) in [6.07, 6.45) is 2.63. The second-order valence-electron chi connectivity index (χ2n) is 4.64. The fraction of sp³-hybridized carbons (Fsp3) is 0.333. The van der Waals surface area contributed by atoms with Gasteiger partial charge in [0.1, 0.15) is 11.1 Å². The lowest BCUT2D eigenvalue weighted by molar-refractivity contribution is -0.140. The first-order chi connectivity index (χ1) is 10.5. The van der Waals surface area contributed by atoms with E-state index in [9.17, 15) is 14.0 Å². The molecule has 0 N–H and O–H groups in total. The van der Waals surface area contributed by atoms with Crippen LogP contribution in [0, 0.1) is 5.82 Å². The molecule has 0 aliphatic carbocycles. The van der Waals surface area contributed by atoms with Crippen LogP contribution in [0.2, 0.25) is 5.02 Å². The molecule has 4 nitrogen and oxygen atoms in total. The van der Waals surface area contributed by atoms with Crippen LogP contribution in [0.4, 0.5) is 4.39 Å². The van der Waals surface area contributed by atoms with Crippen LogP contribution in [0.5, 0.6) is 0 Å². The molecule has 1 atom stereocenters. The smallest absolute Gasteiger partial charge is 0.320 e. The van der Waals surface area contributed by atoms with E-state index in [1.54, 1.807) is 11.0 Å². The monoisotopic (exact) mass is 343 g/mol. The Kier molecular flexibility index (Phi) is 5.85. The van der Waals surface area contributed by atoms with Crippen molar-refractivity contribution in [2.75, 3.05) is 26.0 Å². The van der Waals surface area contributed by atoms with Gasteiger partial charge in [-0.2, -0.15) is 0 Å². The predicted molar refractivity (Wildman–Crippen MR) is 85.3 cm³/mol. The number of hydrogen-bond donors (Lipinski definition) is 0. The van der Waals surface area contributed by atoms with Gasteiger partial charge in [0.15, 0.2) is 0 Å². The Morgan fingerprint density at radius 1 is 1.50 bits per heavy atom. The molecule has 1 fully saturated rings. The van der Waals surface area contributed by atoms with Crippen LogP contribution in [-0.2, 0) is 14.3 Å². The van der Waals surface area contributed by atoms with Crippen molar-refractivity contribution in [3.8, 4) is 0 Å². The van der Waals surface area contributed by atoms with Crippen molar-refractivity contribution in [2.24, 2.45) is 0 Å². The van der Waals surface area contributed by atoms with E-state index in [0.29, 0.717) is 12.3 Å². The number of esters is 1. The molecule has 22 heavy (non-hydrogen) atoms. The molecular weight excluding hydrogens is 329 g/mol. The van der Waals surface area contributed by atoms with Crippen molar-refractivity contribution in [1.82, 2.24) is 4.90 Å². The van der Waals surface area contributed by atoms with Gasteiger partial charge in [0, 0.05) is 30.5 Å². The summed E-state index contributed by atoms with van der Waals surface area (Å²) in [5.41, 5.74) is 0.174. The van der Waals surface area contributed by atoms with Crippen molar-refractivity contribution in [2.45, 2.75) is 5.25 Å². The Morgan fingerprint density at radius 2 is 2.27 bits per heavy atom. The standard InChI is InChI=1S/C15H15ClFNO3S/c1-21-15(20)13-9-18(7-8-22-13)14(19)6-5-10-11(16)3-2-4-12(10)17/h2-6,13H,7-9H2,1H3/b6-5+/t13-/m0/s1. The summed E-state index contributed by atoms with van der Waals surface area (Å²) < 4.78 is 18.3. The number of ether oxygens (including phenoxy) is 1. The van der Waals surface area contributed by atoms with Gasteiger partial charge in [-0.25, -0.2) is 4.39 Å². The summed E-state index contributed by atoms with van der Waals surface area (Å²) in [6.45, 7) is 0.817. The van der Waals surface area contributed by atoms with Crippen molar-refractivity contribution < 1.29 is 18.7 Å². The number of carbonyl (C=O) groups excluding carboxylic acids is 2. The zero-order chi connectivity index (χ0) is 16.1. The van der Waals surface area contributed by atoms with E-state index in [4.69, 9.17) is 16.3 Å². The number of hydrogen-bond acceptors (Lipinski definition) is 4. The number of thioether (sulfide) groups is 1. The lowest BCUT2D eigenvalue weighted by Gasteiger charge is -2.30. The van der Waals surface area contributed by atoms with Gasteiger partial charge in [0.25, 0.3) is 0 Å². The molecule has 1 aliphatic rings. The highest BCUT2D eigenvalue weighted by Crippen LogP contribution is 2.22. The molecule has 0 spiro atoms. The third-order valence-electron chi connectivity index (χ3n) is 3.23. The number of amides is 1. The number of nitrogens with zero attached hydrogens (tertiary/aromatic N) is 1. The highest BCUT2D eigenvalue weighted by Gasteiger charge is 2.28. The SMILES string of the molecule is COC(=O)[C@@H]1CN(C(=O)/C=C/c2c(F)cccc2Cl)CCS1. The first-order valence-corrected chi connectivity index (χ1v) is 8.06. The molecule has 1 aliphatic heterocycles. The van der Waals surface area contributed by atoms with E-state index in [1.165, 1.54) is 43.2 Å². The lowest BCUT2D eigenvalue weighted by Crippen LogP contribution is -2.44. The van der Waals surface area contributed by atoms with Gasteiger partial charge in [0.05, 0.1) is 12.1 Å². The molecule has 7 heteroatoms. The number of benzene rings is 1. The molecule has 0 radical (unpaired) electrons. The Balaban J connectivity index is 2.05. The van der Waals surface area contributed by atoms with E-state index in [0.717, 1.165) is 0 Å². The van der Waals surface area contributed by atoms with Crippen molar-refractivity contribution in [3.63, 3.8) is 0 Å². The molecular formula is C15H15ClFNO3S. The largest absolute Gasteiger partial charge is 0.468 e. The van der Waals surface area contributed by atoms with Crippen LogP contribution in [0.3, 0.4) is 0 Å². The topological polar surface area (TPSA) is 46.6 Å². The normalized spacial score (nSPS) is 18.5. The molecule has 1 aromatic rings. The van der Waals surface area contributed by atoms with Gasteiger partial charge < -0.3 is 9.64 Å². The maximum atomic E-state index is 13.6. The van der Waals surface area contributed by atoms with Crippen molar-refractivity contribution in [1.29, 1.82) is 0 Å². The van der Waals surface area contributed by atoms with Crippen molar-refractivity contribution in [3.05, 3.63) is 40.7 Å². The van der Waals surface area contributed by atoms with E-state index >= 15 is 0 Å². The van der Waals surface area contributed by atoms with Gasteiger partial charge in [-0.05, 0) is 18.2 Å². The third kappa shape index (κ3) is 4.01. The summed E-state index contributed by atoms with van der Waals surface area (Å²) >= 11 is 7.36. The minimum atomic E-state index is -0.488. The average Bonchev–Trinajstić information content (AvgIpc) is 2.53. The molecule has 1 aromatic carbocycles. The number of rotatable bonds is 3.